The largest absolute Gasteiger partial charge is 0.347 e. The highest BCUT2D eigenvalue weighted by molar-refractivity contribution is 6.30. The number of rotatable bonds is 5. The first-order valence-electron chi connectivity index (χ1n) is 7.20. The number of carbonyl (C=O) groups excluding carboxylic acids is 2. The van der Waals surface area contributed by atoms with Gasteiger partial charge >= 0.3 is 6.03 Å². The fourth-order valence-corrected chi connectivity index (χ4v) is 2.13. The number of carbonyl (C=O) groups is 2. The third-order valence-corrected chi connectivity index (χ3v) is 4.19. The van der Waals surface area contributed by atoms with Crippen LogP contribution in [-0.4, -0.2) is 55.5 Å². The first kappa shape index (κ1) is 18.3. The number of nitrogens with zero attached hydrogens (tertiary/aromatic N) is 2. The van der Waals surface area contributed by atoms with Gasteiger partial charge in [0, 0.05) is 38.1 Å². The van der Waals surface area contributed by atoms with Crippen molar-refractivity contribution in [1.82, 2.24) is 15.1 Å². The summed E-state index contributed by atoms with van der Waals surface area (Å²) >= 11 is 5.89. The Kier molecular flexibility index (Phi) is 6.68. The van der Waals surface area contributed by atoms with Crippen LogP contribution < -0.4 is 5.32 Å². The monoisotopic (exact) mass is 325 g/mol. The number of halogens is 1. The van der Waals surface area contributed by atoms with Crippen molar-refractivity contribution >= 4 is 23.5 Å². The number of likely N-dealkylation sites (N-methyl/N-ethyl adjacent to an activating group) is 2. The summed E-state index contributed by atoms with van der Waals surface area (Å²) in [5.74, 6) is 0.0118. The maximum atomic E-state index is 12.1. The molecule has 2 atom stereocenters. The normalized spacial score (nSPS) is 13.2. The number of hydrogen-bond acceptors (Lipinski definition) is 2. The first-order chi connectivity index (χ1) is 10.2. The van der Waals surface area contributed by atoms with Crippen molar-refractivity contribution in [2.24, 2.45) is 0 Å². The molecular formula is C16H24ClN3O2. The van der Waals surface area contributed by atoms with Crippen LogP contribution in [-0.2, 0) is 4.79 Å². The van der Waals surface area contributed by atoms with Gasteiger partial charge in [-0.25, -0.2) is 4.79 Å². The van der Waals surface area contributed by atoms with Crippen LogP contribution in [0.2, 0.25) is 5.02 Å². The zero-order valence-corrected chi connectivity index (χ0v) is 14.5. The van der Waals surface area contributed by atoms with E-state index >= 15 is 0 Å². The Bertz CT molecular complexity index is 517. The van der Waals surface area contributed by atoms with Crippen molar-refractivity contribution < 1.29 is 9.59 Å². The minimum absolute atomic E-state index is 0.00177. The third-order valence-electron chi connectivity index (χ3n) is 3.94. The fraction of sp³-hybridized carbons (Fsp3) is 0.500. The van der Waals surface area contributed by atoms with Crippen LogP contribution >= 0.6 is 11.6 Å². The van der Waals surface area contributed by atoms with Crippen molar-refractivity contribution in [3.05, 3.63) is 34.9 Å². The predicted octanol–water partition coefficient (Wildman–Crippen LogP) is 2.56. The van der Waals surface area contributed by atoms with Crippen molar-refractivity contribution in [2.45, 2.75) is 25.8 Å². The number of hydrogen-bond donors (Lipinski definition) is 1. The molecule has 2 unspecified atom stereocenters. The number of urea groups is 1. The number of nitrogens with one attached hydrogen (secondary N) is 1. The average molecular weight is 326 g/mol. The van der Waals surface area contributed by atoms with E-state index in [0.29, 0.717) is 5.02 Å². The lowest BCUT2D eigenvalue weighted by atomic mass is 9.94. The van der Waals surface area contributed by atoms with E-state index in [9.17, 15) is 9.59 Å². The van der Waals surface area contributed by atoms with Gasteiger partial charge in [-0.15, -0.1) is 0 Å². The first-order valence-corrected chi connectivity index (χ1v) is 7.58. The highest BCUT2D eigenvalue weighted by atomic mass is 35.5. The number of amides is 3. The quantitative estimate of drug-likeness (QED) is 0.904. The molecule has 122 valence electrons. The Labute approximate surface area is 137 Å². The van der Waals surface area contributed by atoms with Crippen LogP contribution in [0.3, 0.4) is 0 Å². The number of benzene rings is 1. The summed E-state index contributed by atoms with van der Waals surface area (Å²) in [4.78, 5) is 26.7. The van der Waals surface area contributed by atoms with Crippen LogP contribution in [0.1, 0.15) is 25.3 Å². The van der Waals surface area contributed by atoms with Gasteiger partial charge in [-0.05, 0) is 24.6 Å². The zero-order chi connectivity index (χ0) is 16.9. The van der Waals surface area contributed by atoms with E-state index in [1.165, 1.54) is 4.90 Å². The van der Waals surface area contributed by atoms with Crippen molar-refractivity contribution in [1.29, 1.82) is 0 Å². The molecule has 3 amide bonds. The maximum absolute atomic E-state index is 12.1. The third kappa shape index (κ3) is 4.91. The molecule has 5 nitrogen and oxygen atoms in total. The molecule has 0 saturated carbocycles. The molecular weight excluding hydrogens is 302 g/mol. The van der Waals surface area contributed by atoms with E-state index in [1.807, 2.05) is 31.2 Å². The molecule has 1 aromatic carbocycles. The second-order valence-corrected chi connectivity index (χ2v) is 6.08. The Morgan fingerprint density at radius 1 is 1.14 bits per heavy atom. The molecule has 0 bridgehead atoms. The van der Waals surface area contributed by atoms with E-state index in [0.717, 1.165) is 5.56 Å². The molecule has 1 N–H and O–H groups in total. The van der Waals surface area contributed by atoms with Gasteiger partial charge in [0.1, 0.15) is 0 Å². The van der Waals surface area contributed by atoms with Gasteiger partial charge in [-0.1, -0.05) is 30.7 Å². The van der Waals surface area contributed by atoms with E-state index in [4.69, 9.17) is 11.6 Å². The topological polar surface area (TPSA) is 52.7 Å². The lowest BCUT2D eigenvalue weighted by Crippen LogP contribution is -2.47. The Morgan fingerprint density at radius 3 is 2.18 bits per heavy atom. The second-order valence-electron chi connectivity index (χ2n) is 5.64. The van der Waals surface area contributed by atoms with E-state index < -0.39 is 0 Å². The zero-order valence-electron chi connectivity index (χ0n) is 13.8. The van der Waals surface area contributed by atoms with Gasteiger partial charge in [0.25, 0.3) is 0 Å². The highest BCUT2D eigenvalue weighted by Gasteiger charge is 2.22. The molecule has 0 fully saturated rings. The summed E-state index contributed by atoms with van der Waals surface area (Å²) in [5.41, 5.74) is 1.11. The molecule has 0 aromatic heterocycles. The molecule has 0 aliphatic rings. The van der Waals surface area contributed by atoms with Crippen molar-refractivity contribution in [2.75, 3.05) is 27.7 Å². The minimum Gasteiger partial charge on any atom is -0.347 e. The maximum Gasteiger partial charge on any atom is 0.317 e. The molecule has 1 aromatic rings. The molecule has 0 aliphatic heterocycles. The van der Waals surface area contributed by atoms with Gasteiger partial charge < -0.3 is 15.1 Å². The van der Waals surface area contributed by atoms with Gasteiger partial charge in [-0.3, -0.25) is 4.79 Å². The smallest absolute Gasteiger partial charge is 0.317 e. The van der Waals surface area contributed by atoms with Gasteiger partial charge in [0.15, 0.2) is 0 Å². The van der Waals surface area contributed by atoms with Crippen LogP contribution in [0.15, 0.2) is 24.3 Å². The summed E-state index contributed by atoms with van der Waals surface area (Å²) in [5, 5.41) is 3.33. The van der Waals surface area contributed by atoms with Gasteiger partial charge in [-0.2, -0.15) is 0 Å². The molecule has 6 heteroatoms. The summed E-state index contributed by atoms with van der Waals surface area (Å²) in [6, 6.07) is 7.33. The predicted molar refractivity (Wildman–Crippen MR) is 89.2 cm³/mol. The summed E-state index contributed by atoms with van der Waals surface area (Å²) in [6.07, 6.45) is 0. The lowest BCUT2D eigenvalue weighted by Gasteiger charge is -2.30. The second kappa shape index (κ2) is 8.03. The molecule has 1 rings (SSSR count). The average Bonchev–Trinajstić information content (AvgIpc) is 2.50. The SMILES string of the molecule is CC(c1ccc(Cl)cc1)C(C)N(C)C(=O)NCC(=O)N(C)C. The van der Waals surface area contributed by atoms with Crippen LogP contribution in [0.4, 0.5) is 4.79 Å². The Balaban J connectivity index is 2.63. The summed E-state index contributed by atoms with van der Waals surface area (Å²) < 4.78 is 0. The lowest BCUT2D eigenvalue weighted by molar-refractivity contribution is -0.127. The van der Waals surface area contributed by atoms with Crippen molar-refractivity contribution in [3.8, 4) is 0 Å². The molecule has 0 radical (unpaired) electrons. The van der Waals surface area contributed by atoms with Crippen molar-refractivity contribution in [3.63, 3.8) is 0 Å². The molecule has 0 saturated heterocycles. The highest BCUT2D eigenvalue weighted by Crippen LogP contribution is 2.23. The van der Waals surface area contributed by atoms with E-state index in [1.54, 1.807) is 26.0 Å². The molecule has 0 heterocycles. The van der Waals surface area contributed by atoms with E-state index in [-0.39, 0.29) is 30.4 Å². The fourth-order valence-electron chi connectivity index (χ4n) is 2.00. The van der Waals surface area contributed by atoms with Gasteiger partial charge in [0.05, 0.1) is 6.54 Å². The van der Waals surface area contributed by atoms with Gasteiger partial charge in [0.2, 0.25) is 5.91 Å². The standard InChI is InChI=1S/C16H24ClN3O2/c1-11(13-6-8-14(17)9-7-13)12(2)20(5)16(22)18-10-15(21)19(3)4/h6-9,11-12H,10H2,1-5H3,(H,18,22). The minimum atomic E-state index is -0.261. The molecule has 22 heavy (non-hydrogen) atoms. The Morgan fingerprint density at radius 2 is 1.68 bits per heavy atom. The summed E-state index contributed by atoms with van der Waals surface area (Å²) in [6.45, 7) is 4.04. The Hall–Kier alpha value is -1.75. The molecule has 0 spiro atoms. The van der Waals surface area contributed by atoms with E-state index in [2.05, 4.69) is 12.2 Å². The van der Waals surface area contributed by atoms with Crippen LogP contribution in [0, 0.1) is 0 Å². The van der Waals surface area contributed by atoms with Crippen LogP contribution in [0.25, 0.3) is 0 Å². The summed E-state index contributed by atoms with van der Waals surface area (Å²) in [7, 11) is 5.04. The van der Waals surface area contributed by atoms with Crippen LogP contribution in [0.5, 0.6) is 0 Å². The molecule has 0 aliphatic carbocycles.